The molecule has 0 N–H and O–H groups in total. The molecule has 0 amide bonds. The maximum atomic E-state index is 2.53. The molecule has 0 saturated heterocycles. The summed E-state index contributed by atoms with van der Waals surface area (Å²) in [5.74, 6) is 2.17. The van der Waals surface area contributed by atoms with Crippen molar-refractivity contribution in [2.45, 2.75) is 130 Å². The van der Waals surface area contributed by atoms with Crippen LogP contribution in [0.1, 0.15) is 158 Å². The molecule has 1 saturated carbocycles. The summed E-state index contributed by atoms with van der Waals surface area (Å²) in [7, 11) is 0. The van der Waals surface area contributed by atoms with E-state index in [1.54, 1.807) is 26.7 Å². The van der Waals surface area contributed by atoms with Crippen molar-refractivity contribution >= 4 is 25.9 Å². The molecule has 0 nitrogen and oxygen atoms in total. The van der Waals surface area contributed by atoms with Gasteiger partial charge in [-0.2, -0.15) is 0 Å². The van der Waals surface area contributed by atoms with E-state index in [1.165, 1.54) is 47.9 Å². The molecule has 1 fully saturated rings. The Hall–Kier alpha value is -1.54. The van der Waals surface area contributed by atoms with E-state index in [1.807, 2.05) is 0 Å². The van der Waals surface area contributed by atoms with Gasteiger partial charge in [-0.05, 0) is 0 Å². The van der Waals surface area contributed by atoms with E-state index in [0.717, 1.165) is 11.2 Å². The standard InChI is InChI=1S/C36H52Ge/c1-23(2)30-17-13-18-31(24(3)4)34(30)22-27(9)21-28(10)36(37-29-15-11-12-16-29)35-32(25(5)6)19-14-20-33(35)26(7)8/h13-14,17-20,22-26,29H,11-12,15-16,21H2,1-10H3/b27-22+,36-28-. The van der Waals surface area contributed by atoms with E-state index in [2.05, 4.69) is 112 Å². The van der Waals surface area contributed by atoms with Crippen LogP contribution in [0.4, 0.5) is 0 Å². The zero-order valence-electron chi connectivity index (χ0n) is 25.5. The molecule has 2 radical (unpaired) electrons. The summed E-state index contributed by atoms with van der Waals surface area (Å²) >= 11 is -0.194. The zero-order valence-corrected chi connectivity index (χ0v) is 27.6. The van der Waals surface area contributed by atoms with Crippen molar-refractivity contribution in [2.75, 3.05) is 0 Å². The third-order valence-electron chi connectivity index (χ3n) is 8.11. The molecule has 1 heteroatoms. The SMILES string of the molecule is C/C(C/C(C)=C/c1c(C(C)C)cccc1C(C)C)=[C](/[Ge][CH]1CCCC1)c1c(C(C)C)cccc1C(C)C. The van der Waals surface area contributed by atoms with E-state index in [-0.39, 0.29) is 15.4 Å². The number of benzene rings is 2. The summed E-state index contributed by atoms with van der Waals surface area (Å²) in [6.45, 7) is 23.7. The fraction of sp³-hybridized carbons (Fsp3) is 0.556. The summed E-state index contributed by atoms with van der Waals surface area (Å²) in [5.41, 5.74) is 12.3. The van der Waals surface area contributed by atoms with Crippen LogP contribution in [0, 0.1) is 0 Å². The topological polar surface area (TPSA) is 0 Å². The number of rotatable bonds is 10. The molecule has 0 aliphatic heterocycles. The Morgan fingerprint density at radius 2 is 1.16 bits per heavy atom. The third-order valence-corrected chi connectivity index (χ3v) is 12.2. The van der Waals surface area contributed by atoms with E-state index in [9.17, 15) is 0 Å². The zero-order chi connectivity index (χ0) is 27.3. The summed E-state index contributed by atoms with van der Waals surface area (Å²) in [5, 5.41) is 0. The molecule has 0 atom stereocenters. The monoisotopic (exact) mass is 558 g/mol. The molecule has 0 heterocycles. The van der Waals surface area contributed by atoms with Gasteiger partial charge in [0.05, 0.1) is 0 Å². The van der Waals surface area contributed by atoms with E-state index in [4.69, 9.17) is 0 Å². The van der Waals surface area contributed by atoms with Crippen LogP contribution < -0.4 is 0 Å². The van der Waals surface area contributed by atoms with Gasteiger partial charge in [0.1, 0.15) is 0 Å². The molecule has 0 spiro atoms. The van der Waals surface area contributed by atoms with Crippen LogP contribution in [0.5, 0.6) is 0 Å². The molecular formula is C36H52Ge. The van der Waals surface area contributed by atoms with Crippen molar-refractivity contribution in [1.29, 1.82) is 0 Å². The normalized spacial score (nSPS) is 16.0. The Morgan fingerprint density at radius 3 is 1.59 bits per heavy atom. The molecule has 2 aromatic carbocycles. The van der Waals surface area contributed by atoms with Crippen molar-refractivity contribution in [1.82, 2.24) is 0 Å². The van der Waals surface area contributed by atoms with Crippen molar-refractivity contribution in [3.05, 3.63) is 80.9 Å². The van der Waals surface area contributed by atoms with Crippen LogP contribution in [0.25, 0.3) is 10.5 Å². The fourth-order valence-electron chi connectivity index (χ4n) is 6.10. The van der Waals surface area contributed by atoms with Gasteiger partial charge in [0, 0.05) is 0 Å². The summed E-state index contributed by atoms with van der Waals surface area (Å²) in [6, 6.07) is 14.1. The molecule has 200 valence electrons. The molecule has 1 aliphatic carbocycles. The van der Waals surface area contributed by atoms with Crippen LogP contribution in [0.2, 0.25) is 4.75 Å². The Balaban J connectivity index is 2.14. The van der Waals surface area contributed by atoms with Gasteiger partial charge in [-0.1, -0.05) is 0 Å². The minimum absolute atomic E-state index is 0.194. The van der Waals surface area contributed by atoms with Crippen LogP contribution in [0.3, 0.4) is 0 Å². The van der Waals surface area contributed by atoms with Crippen LogP contribution in [-0.4, -0.2) is 15.4 Å². The molecule has 0 bridgehead atoms. The molecule has 0 unspecified atom stereocenters. The van der Waals surface area contributed by atoms with E-state index >= 15 is 0 Å². The quantitative estimate of drug-likeness (QED) is 0.255. The fourth-order valence-corrected chi connectivity index (χ4v) is 10.0. The van der Waals surface area contributed by atoms with Gasteiger partial charge >= 0.3 is 237 Å². The second-order valence-corrected chi connectivity index (χ2v) is 16.1. The van der Waals surface area contributed by atoms with Crippen LogP contribution >= 0.6 is 0 Å². The third kappa shape index (κ3) is 7.53. The first-order chi connectivity index (χ1) is 17.5. The van der Waals surface area contributed by atoms with Gasteiger partial charge in [0.2, 0.25) is 0 Å². The molecule has 2 aromatic rings. The Labute approximate surface area is 235 Å². The van der Waals surface area contributed by atoms with Gasteiger partial charge in [0.15, 0.2) is 0 Å². The molecule has 0 aromatic heterocycles. The average molecular weight is 557 g/mol. The van der Waals surface area contributed by atoms with Crippen LogP contribution in [0.15, 0.2) is 47.5 Å². The Bertz CT molecular complexity index is 1050. The summed E-state index contributed by atoms with van der Waals surface area (Å²) < 4.78 is 2.73. The second-order valence-electron chi connectivity index (χ2n) is 12.7. The van der Waals surface area contributed by atoms with Gasteiger partial charge in [-0.15, -0.1) is 0 Å². The van der Waals surface area contributed by atoms with E-state index in [0.29, 0.717) is 23.7 Å². The van der Waals surface area contributed by atoms with Gasteiger partial charge in [0.25, 0.3) is 0 Å². The van der Waals surface area contributed by atoms with Crippen molar-refractivity contribution in [3.63, 3.8) is 0 Å². The van der Waals surface area contributed by atoms with Crippen molar-refractivity contribution in [3.8, 4) is 0 Å². The van der Waals surface area contributed by atoms with E-state index < -0.39 is 0 Å². The van der Waals surface area contributed by atoms with Crippen LogP contribution in [-0.2, 0) is 0 Å². The minimum atomic E-state index is -0.194. The number of allylic oxidation sites excluding steroid dienone is 2. The molecule has 3 rings (SSSR count). The first kappa shape index (κ1) is 30.0. The van der Waals surface area contributed by atoms with Gasteiger partial charge < -0.3 is 0 Å². The van der Waals surface area contributed by atoms with Crippen molar-refractivity contribution in [2.24, 2.45) is 0 Å². The summed E-state index contributed by atoms with van der Waals surface area (Å²) in [4.78, 5) is 0. The summed E-state index contributed by atoms with van der Waals surface area (Å²) in [6.07, 6.45) is 9.38. The number of hydrogen-bond acceptors (Lipinski definition) is 0. The maximum absolute atomic E-state index is 2.53. The van der Waals surface area contributed by atoms with Gasteiger partial charge in [-0.3, -0.25) is 0 Å². The Kier molecular flexibility index (Phi) is 11.0. The molecular weight excluding hydrogens is 505 g/mol. The average Bonchev–Trinajstić information content (AvgIpc) is 3.35. The predicted octanol–water partition coefficient (Wildman–Crippen LogP) is 11.5. The second kappa shape index (κ2) is 13.5. The predicted molar refractivity (Wildman–Crippen MR) is 168 cm³/mol. The Morgan fingerprint density at radius 1 is 0.730 bits per heavy atom. The first-order valence-corrected chi connectivity index (χ1v) is 17.2. The molecule has 1 aliphatic rings. The van der Waals surface area contributed by atoms with Gasteiger partial charge in [-0.25, -0.2) is 0 Å². The van der Waals surface area contributed by atoms with Crippen molar-refractivity contribution < 1.29 is 0 Å². The molecule has 37 heavy (non-hydrogen) atoms. The first-order valence-electron chi connectivity index (χ1n) is 14.9. The number of hydrogen-bond donors (Lipinski definition) is 0.